The maximum Gasteiger partial charge on any atom is 0.163 e. The first kappa shape index (κ1) is 15.4. The van der Waals surface area contributed by atoms with Crippen LogP contribution in [0.1, 0.15) is 11.1 Å². The number of hydrogen-bond donors (Lipinski definition) is 1. The van der Waals surface area contributed by atoms with E-state index in [1.807, 2.05) is 24.3 Å². The molecule has 0 amide bonds. The van der Waals surface area contributed by atoms with Gasteiger partial charge in [-0.3, -0.25) is 4.98 Å². The zero-order valence-electron chi connectivity index (χ0n) is 13.1. The predicted octanol–water partition coefficient (Wildman–Crippen LogP) is 3.03. The van der Waals surface area contributed by atoms with Crippen LogP contribution in [0.5, 0.6) is 5.75 Å². The summed E-state index contributed by atoms with van der Waals surface area (Å²) in [5.74, 6) is 1.92. The first-order chi connectivity index (χ1) is 11.8. The molecule has 0 bridgehead atoms. The Morgan fingerprint density at radius 3 is 2.96 bits per heavy atom. The lowest BCUT2D eigenvalue weighted by Crippen LogP contribution is -2.03. The van der Waals surface area contributed by atoms with E-state index in [9.17, 15) is 0 Å². The number of nitriles is 1. The Morgan fingerprint density at radius 2 is 2.12 bits per heavy atom. The van der Waals surface area contributed by atoms with Crippen molar-refractivity contribution in [3.8, 4) is 23.2 Å². The van der Waals surface area contributed by atoms with Gasteiger partial charge in [0.1, 0.15) is 11.6 Å². The molecular weight excluding hydrogens is 302 g/mol. The molecule has 0 fully saturated rings. The van der Waals surface area contributed by atoms with Gasteiger partial charge >= 0.3 is 0 Å². The predicted molar refractivity (Wildman–Crippen MR) is 90.3 cm³/mol. The van der Waals surface area contributed by atoms with Crippen molar-refractivity contribution in [3.05, 3.63) is 66.1 Å². The lowest BCUT2D eigenvalue weighted by Gasteiger charge is -2.08. The number of aromatic nitrogens is 3. The van der Waals surface area contributed by atoms with Gasteiger partial charge in [0, 0.05) is 24.5 Å². The molecule has 118 valence electrons. The zero-order valence-corrected chi connectivity index (χ0v) is 13.1. The van der Waals surface area contributed by atoms with Crippen LogP contribution in [0.3, 0.4) is 0 Å². The Kier molecular flexibility index (Phi) is 4.63. The summed E-state index contributed by atoms with van der Waals surface area (Å²) in [6, 6.07) is 13.2. The number of benzene rings is 1. The van der Waals surface area contributed by atoms with Crippen molar-refractivity contribution in [2.75, 3.05) is 12.4 Å². The van der Waals surface area contributed by atoms with Crippen LogP contribution in [0, 0.1) is 11.3 Å². The van der Waals surface area contributed by atoms with Crippen molar-refractivity contribution < 1.29 is 4.74 Å². The van der Waals surface area contributed by atoms with Crippen LogP contribution in [-0.4, -0.2) is 22.1 Å². The Morgan fingerprint density at radius 1 is 1.21 bits per heavy atom. The molecule has 3 aromatic rings. The fourth-order valence-corrected chi connectivity index (χ4v) is 2.19. The normalized spacial score (nSPS) is 10.0. The maximum atomic E-state index is 8.95. The molecule has 0 spiro atoms. The Bertz CT molecular complexity index is 888. The van der Waals surface area contributed by atoms with E-state index in [1.54, 1.807) is 37.8 Å². The van der Waals surface area contributed by atoms with Gasteiger partial charge in [-0.15, -0.1) is 0 Å². The lowest BCUT2D eigenvalue weighted by atomic mass is 10.1. The quantitative estimate of drug-likeness (QED) is 0.778. The first-order valence-electron chi connectivity index (χ1n) is 7.34. The summed E-state index contributed by atoms with van der Waals surface area (Å²) < 4.78 is 5.17. The standard InChI is InChI=1S/C18H15N5O/c1-24-16-8-15(11-20-12-16)18-21-6-5-17(23-18)22-10-14-4-2-3-13(7-14)9-19/h2-8,11-12H,10H2,1H3,(H,21,22,23). The fraction of sp³-hybridized carbons (Fsp3) is 0.111. The van der Waals surface area contributed by atoms with Gasteiger partial charge in [0.05, 0.1) is 24.9 Å². The molecule has 6 heteroatoms. The number of ether oxygens (including phenoxy) is 1. The van der Waals surface area contributed by atoms with E-state index in [-0.39, 0.29) is 0 Å². The summed E-state index contributed by atoms with van der Waals surface area (Å²) in [6.07, 6.45) is 5.02. The van der Waals surface area contributed by atoms with Gasteiger partial charge in [-0.05, 0) is 29.8 Å². The van der Waals surface area contributed by atoms with E-state index < -0.39 is 0 Å². The minimum Gasteiger partial charge on any atom is -0.495 e. The van der Waals surface area contributed by atoms with Crippen LogP contribution in [-0.2, 0) is 6.54 Å². The molecule has 24 heavy (non-hydrogen) atoms. The van der Waals surface area contributed by atoms with E-state index in [0.29, 0.717) is 29.5 Å². The molecule has 2 aromatic heterocycles. The second-order valence-corrected chi connectivity index (χ2v) is 5.04. The smallest absolute Gasteiger partial charge is 0.163 e. The monoisotopic (exact) mass is 317 g/mol. The second-order valence-electron chi connectivity index (χ2n) is 5.04. The van der Waals surface area contributed by atoms with Crippen LogP contribution in [0.15, 0.2) is 55.0 Å². The Labute approximate surface area is 139 Å². The van der Waals surface area contributed by atoms with Crippen molar-refractivity contribution in [3.63, 3.8) is 0 Å². The highest BCUT2D eigenvalue weighted by Crippen LogP contribution is 2.20. The van der Waals surface area contributed by atoms with Crippen molar-refractivity contribution in [1.82, 2.24) is 15.0 Å². The molecule has 0 aliphatic heterocycles. The molecule has 0 unspecified atom stereocenters. The molecular formula is C18H15N5O. The summed E-state index contributed by atoms with van der Waals surface area (Å²) in [5, 5.41) is 12.2. The van der Waals surface area contributed by atoms with Gasteiger partial charge < -0.3 is 10.1 Å². The molecule has 0 saturated carbocycles. The van der Waals surface area contributed by atoms with E-state index in [1.165, 1.54) is 0 Å². The van der Waals surface area contributed by atoms with Crippen LogP contribution < -0.4 is 10.1 Å². The van der Waals surface area contributed by atoms with Gasteiger partial charge in [0.15, 0.2) is 5.82 Å². The Balaban J connectivity index is 1.76. The maximum absolute atomic E-state index is 8.95. The van der Waals surface area contributed by atoms with Gasteiger partial charge in [0.2, 0.25) is 0 Å². The van der Waals surface area contributed by atoms with Crippen LogP contribution in [0.25, 0.3) is 11.4 Å². The van der Waals surface area contributed by atoms with E-state index in [4.69, 9.17) is 10.00 Å². The third kappa shape index (κ3) is 3.65. The van der Waals surface area contributed by atoms with Gasteiger partial charge in [-0.2, -0.15) is 5.26 Å². The number of pyridine rings is 1. The number of rotatable bonds is 5. The minimum absolute atomic E-state index is 0.567. The average Bonchev–Trinajstić information content (AvgIpc) is 2.67. The van der Waals surface area contributed by atoms with Crippen molar-refractivity contribution in [2.24, 2.45) is 0 Å². The lowest BCUT2D eigenvalue weighted by molar-refractivity contribution is 0.413. The molecule has 1 N–H and O–H groups in total. The average molecular weight is 317 g/mol. The molecule has 0 atom stereocenters. The van der Waals surface area contributed by atoms with E-state index in [2.05, 4.69) is 26.3 Å². The molecule has 1 aromatic carbocycles. The summed E-state index contributed by atoms with van der Waals surface area (Å²) in [7, 11) is 1.59. The van der Waals surface area contributed by atoms with Crippen LogP contribution in [0.4, 0.5) is 5.82 Å². The Hall–Kier alpha value is -3.46. The SMILES string of the molecule is COc1cncc(-c2nccc(NCc3cccc(C#N)c3)n2)c1. The van der Waals surface area contributed by atoms with Gasteiger partial charge in [-0.1, -0.05) is 12.1 Å². The highest BCUT2D eigenvalue weighted by atomic mass is 16.5. The second kappa shape index (κ2) is 7.20. The van der Waals surface area contributed by atoms with E-state index in [0.717, 1.165) is 11.1 Å². The summed E-state index contributed by atoms with van der Waals surface area (Å²) in [6.45, 7) is 0.572. The molecule has 2 heterocycles. The number of nitrogens with zero attached hydrogens (tertiary/aromatic N) is 4. The summed E-state index contributed by atoms with van der Waals surface area (Å²) in [5.41, 5.74) is 2.43. The molecule has 0 radical (unpaired) electrons. The first-order valence-corrected chi connectivity index (χ1v) is 7.34. The fourth-order valence-electron chi connectivity index (χ4n) is 2.19. The minimum atomic E-state index is 0.567. The number of hydrogen-bond acceptors (Lipinski definition) is 6. The molecule has 6 nitrogen and oxygen atoms in total. The molecule has 0 saturated heterocycles. The van der Waals surface area contributed by atoms with Crippen molar-refractivity contribution >= 4 is 5.82 Å². The number of methoxy groups -OCH3 is 1. The molecule has 3 rings (SSSR count). The van der Waals surface area contributed by atoms with Crippen LogP contribution in [0.2, 0.25) is 0 Å². The summed E-state index contributed by atoms with van der Waals surface area (Å²) in [4.78, 5) is 12.9. The highest BCUT2D eigenvalue weighted by Gasteiger charge is 2.05. The van der Waals surface area contributed by atoms with Gasteiger partial charge in [0.25, 0.3) is 0 Å². The molecule has 0 aliphatic rings. The van der Waals surface area contributed by atoms with E-state index >= 15 is 0 Å². The van der Waals surface area contributed by atoms with Gasteiger partial charge in [-0.25, -0.2) is 9.97 Å². The topological polar surface area (TPSA) is 83.7 Å². The number of nitrogens with one attached hydrogen (secondary N) is 1. The zero-order chi connectivity index (χ0) is 16.8. The largest absolute Gasteiger partial charge is 0.495 e. The van der Waals surface area contributed by atoms with Crippen molar-refractivity contribution in [2.45, 2.75) is 6.54 Å². The van der Waals surface area contributed by atoms with Crippen molar-refractivity contribution in [1.29, 1.82) is 5.26 Å². The third-order valence-corrected chi connectivity index (χ3v) is 3.39. The number of anilines is 1. The summed E-state index contributed by atoms with van der Waals surface area (Å²) >= 11 is 0. The highest BCUT2D eigenvalue weighted by molar-refractivity contribution is 5.57. The third-order valence-electron chi connectivity index (χ3n) is 3.39. The van der Waals surface area contributed by atoms with Crippen LogP contribution >= 0.6 is 0 Å². The molecule has 0 aliphatic carbocycles.